The molecule has 0 aliphatic carbocycles. The number of pyridine rings is 3. The number of benzene rings is 7. The van der Waals surface area contributed by atoms with Crippen LogP contribution in [0, 0.1) is 13.8 Å². The number of carbonyl (C=O) groups excluding carboxylic acids is 2. The highest BCUT2D eigenvalue weighted by Gasteiger charge is 2.52. The number of nitrogens with one attached hydrogen (secondary N) is 2. The van der Waals surface area contributed by atoms with Crippen LogP contribution in [0.15, 0.2) is 235 Å². The van der Waals surface area contributed by atoms with Crippen LogP contribution in [0.2, 0.25) is 0 Å². The van der Waals surface area contributed by atoms with Crippen LogP contribution in [0.1, 0.15) is 82.8 Å². The van der Waals surface area contributed by atoms with Gasteiger partial charge in [-0.15, -0.1) is 0 Å². The molecular weight excluding hydrogens is 1450 g/mol. The number of likely N-dealkylation sites (N-methyl/N-ethyl adjacent to an activating group) is 1. The van der Waals surface area contributed by atoms with Gasteiger partial charge in [-0.2, -0.15) is 0 Å². The molecule has 2 atom stereocenters. The second-order valence-corrected chi connectivity index (χ2v) is 32.6. The molecule has 14 rings (SSSR count). The summed E-state index contributed by atoms with van der Waals surface area (Å²) >= 11 is 0. The second kappa shape index (κ2) is 31.6. The predicted octanol–water partition coefficient (Wildman–Crippen LogP) is 15.1. The van der Waals surface area contributed by atoms with Crippen LogP contribution in [0.5, 0.6) is 17.2 Å². The number of carboxylic acids is 1. The molecule has 0 spiro atoms. The van der Waals surface area contributed by atoms with Crippen molar-refractivity contribution >= 4 is 83.7 Å². The van der Waals surface area contributed by atoms with Gasteiger partial charge in [-0.25, -0.2) is 49.3 Å². The zero-order chi connectivity index (χ0) is 79.6. The van der Waals surface area contributed by atoms with Gasteiger partial charge in [0.25, 0.3) is 20.0 Å². The molecule has 0 bridgehead atoms. The van der Waals surface area contributed by atoms with Crippen molar-refractivity contribution in [3.8, 4) is 72.9 Å². The van der Waals surface area contributed by atoms with Gasteiger partial charge in [0.2, 0.25) is 5.91 Å². The topological polar surface area (TPSA) is 301 Å². The Kier molecular flexibility index (Phi) is 22.4. The molecule has 1 saturated heterocycles. The third-order valence-corrected chi connectivity index (χ3v) is 22.7. The first kappa shape index (κ1) is 78.6. The van der Waals surface area contributed by atoms with Crippen LogP contribution in [-0.4, -0.2) is 132 Å². The highest BCUT2D eigenvalue weighted by molar-refractivity contribution is 7.90. The molecule has 7 heterocycles. The molecular formula is C85H86BN9O14S2. The number of rotatable bonds is 18. The first-order valence-electron chi connectivity index (χ1n) is 35.5. The number of amides is 2. The number of H-pyrrole nitrogens is 1. The second-order valence-electron chi connectivity index (χ2n) is 28.9. The number of aliphatic carboxylic acids is 1. The van der Waals surface area contributed by atoms with E-state index in [2.05, 4.69) is 31.3 Å². The molecule has 0 radical (unpaired) electrons. The molecule has 0 saturated carbocycles. The SMILES string of the molecule is COc1ccccc1-c1c[nH]c2ncc(-c3cccc(C(N)C(=O)N(C)C)c3)cc12.COc1ccccc1-c1cn(S(=O)(=O)c2ccc(C)cc2)c2ncc(-c3cccc(C(NC(=O)OC(C)(C)C)C(=O)O)c3)cc12.COc1ccccc1-c1cn(S(=O)(=O)c2ccc(C)cc2)c2ncc(B3OC(C)(C)C(C)(C)O3)cc12. The van der Waals surface area contributed by atoms with E-state index in [1.165, 1.54) is 25.2 Å². The number of methoxy groups -OCH3 is 3. The van der Waals surface area contributed by atoms with Gasteiger partial charge in [-0.05, 0) is 157 Å². The first-order chi connectivity index (χ1) is 52.7. The maximum Gasteiger partial charge on any atom is 0.496 e. The third kappa shape index (κ3) is 16.4. The van der Waals surface area contributed by atoms with Crippen LogP contribution in [0.25, 0.3) is 88.7 Å². The van der Waals surface area contributed by atoms with Crippen LogP contribution in [-0.2, 0) is 43.7 Å². The Bertz CT molecular complexity index is 5900. The average Bonchev–Trinajstić information content (AvgIpc) is 1.60. The minimum atomic E-state index is -4.02. The fourth-order valence-corrected chi connectivity index (χ4v) is 15.5. The number of nitrogens with zero attached hydrogens (tertiary/aromatic N) is 6. The van der Waals surface area contributed by atoms with Gasteiger partial charge < -0.3 is 54.3 Å². The van der Waals surface area contributed by atoms with Crippen molar-refractivity contribution in [2.75, 3.05) is 35.4 Å². The van der Waals surface area contributed by atoms with Crippen molar-refractivity contribution in [1.29, 1.82) is 0 Å². The lowest BCUT2D eigenvalue weighted by Gasteiger charge is -2.32. The van der Waals surface area contributed by atoms with Crippen molar-refractivity contribution in [2.45, 2.75) is 101 Å². The number of para-hydroxylation sites is 3. The van der Waals surface area contributed by atoms with Gasteiger partial charge in [-0.3, -0.25) is 4.79 Å². The smallest absolute Gasteiger partial charge is 0.496 e. The number of carbonyl (C=O) groups is 3. The summed E-state index contributed by atoms with van der Waals surface area (Å²) in [5.41, 5.74) is 17.2. The Morgan fingerprint density at radius 3 is 1.45 bits per heavy atom. The van der Waals surface area contributed by atoms with Gasteiger partial charge in [-0.1, -0.05) is 126 Å². The van der Waals surface area contributed by atoms with Gasteiger partial charge in [0.1, 0.15) is 34.5 Å². The van der Waals surface area contributed by atoms with E-state index in [0.29, 0.717) is 66.8 Å². The highest BCUT2D eigenvalue weighted by atomic mass is 32.2. The summed E-state index contributed by atoms with van der Waals surface area (Å²) in [7, 11) is -0.351. The molecule has 111 heavy (non-hydrogen) atoms. The average molecular weight is 1530 g/mol. The number of nitrogens with two attached hydrogens (primary N) is 1. The molecule has 7 aromatic carbocycles. The van der Waals surface area contributed by atoms with Crippen molar-refractivity contribution in [3.63, 3.8) is 0 Å². The van der Waals surface area contributed by atoms with E-state index in [0.717, 1.165) is 61.3 Å². The number of hydrogen-bond acceptors (Lipinski definition) is 17. The van der Waals surface area contributed by atoms with Crippen LogP contribution < -0.4 is 30.7 Å². The molecule has 1 fully saturated rings. The van der Waals surface area contributed by atoms with Crippen molar-refractivity contribution < 1.29 is 64.6 Å². The van der Waals surface area contributed by atoms with Gasteiger partial charge in [0.15, 0.2) is 17.3 Å². The Balaban J connectivity index is 0.000000158. The number of hydrogen-bond donors (Lipinski definition) is 4. The summed E-state index contributed by atoms with van der Waals surface area (Å²) in [6.07, 6.45) is 9.21. The number of fused-ring (bicyclic) bond motifs is 3. The standard InChI is InChI=1S/C34H33N3O7S.C27H29BN2O5S.C24H24N4O2/c1-21-13-15-25(16-14-21)45(41,42)37-20-28(26-11-6-7-12-29(26)43-5)27-18-24(19-35-31(27)37)22-9-8-10-23(17-22)30(32(38)39)36-33(40)44-34(2,3)4;1-18-11-13-20(14-12-18)36(31,32)30-17-23(21-9-7-8-10-24(21)33-6)22-15-19(16-29-25(22)30)28-34-26(2,3)27(4,5)35-28;1-28(2)24(29)22(25)16-8-6-7-15(11-16)17-12-19-20(14-27-23(19)26-13-17)18-9-4-5-10-21(18)30-3/h6-20,30H,1-5H3,(H,36,40)(H,38,39);7-17H,1-6H3;4-14,22H,25H2,1-3H3,(H,26,27). The van der Waals surface area contributed by atoms with E-state index in [9.17, 15) is 36.3 Å². The van der Waals surface area contributed by atoms with Crippen LogP contribution in [0.4, 0.5) is 4.79 Å². The summed E-state index contributed by atoms with van der Waals surface area (Å²) in [4.78, 5) is 55.7. The largest absolute Gasteiger partial charge is 0.496 e. The highest BCUT2D eigenvalue weighted by Crippen LogP contribution is 2.43. The number of alkyl carbamates (subject to hydrolysis) is 1. The molecule has 1 aliphatic rings. The Labute approximate surface area is 645 Å². The minimum absolute atomic E-state index is 0.118. The molecule has 1 aliphatic heterocycles. The summed E-state index contributed by atoms with van der Waals surface area (Å²) < 4.78 is 92.0. The zero-order valence-electron chi connectivity index (χ0n) is 63.9. The maximum absolute atomic E-state index is 13.9. The fourth-order valence-electron chi connectivity index (χ4n) is 12.8. The van der Waals surface area contributed by atoms with Gasteiger partial charge >= 0.3 is 19.2 Å². The Morgan fingerprint density at radius 2 is 0.982 bits per heavy atom. The number of carboxylic acid groups (broad SMARTS) is 1. The number of ether oxygens (including phenoxy) is 4. The van der Waals surface area contributed by atoms with E-state index in [1.54, 1.807) is 154 Å². The summed E-state index contributed by atoms with van der Waals surface area (Å²) in [6, 6.07) is 54.2. The summed E-state index contributed by atoms with van der Waals surface area (Å²) in [6.45, 7) is 16.8. The third-order valence-electron chi connectivity index (χ3n) is 19.4. The molecule has 2 amide bonds. The number of aromatic nitrogens is 6. The maximum atomic E-state index is 13.9. The number of aryl methyl sites for hydroxylation is 2. The van der Waals surface area contributed by atoms with E-state index in [-0.39, 0.29) is 21.3 Å². The summed E-state index contributed by atoms with van der Waals surface area (Å²) in [5.74, 6) is 0.590. The van der Waals surface area contributed by atoms with Gasteiger partial charge in [0, 0.05) is 117 Å². The Hall–Kier alpha value is -11.9. The fraction of sp³-hybridized carbons (Fsp3) is 0.224. The zero-order valence-corrected chi connectivity index (χ0v) is 65.6. The van der Waals surface area contributed by atoms with Crippen molar-refractivity contribution in [3.05, 3.63) is 247 Å². The van der Waals surface area contributed by atoms with E-state index < -0.39 is 68.1 Å². The van der Waals surface area contributed by atoms with Crippen LogP contribution >= 0.6 is 0 Å². The number of aromatic amines is 1. The first-order valence-corrected chi connectivity index (χ1v) is 38.4. The normalized spacial score (nSPS) is 13.8. The Morgan fingerprint density at radius 1 is 0.550 bits per heavy atom. The van der Waals surface area contributed by atoms with Gasteiger partial charge in [0.05, 0.1) is 42.3 Å². The molecule has 26 heteroatoms. The lowest BCUT2D eigenvalue weighted by molar-refractivity contribution is -0.139. The lowest BCUT2D eigenvalue weighted by Crippen LogP contribution is -2.41. The molecule has 2 unspecified atom stereocenters. The summed E-state index contributed by atoms with van der Waals surface area (Å²) in [5, 5.41) is 14.5. The molecule has 13 aromatic rings. The quantitative estimate of drug-likeness (QED) is 0.0580. The molecule has 23 nitrogen and oxygen atoms in total. The van der Waals surface area contributed by atoms with Crippen molar-refractivity contribution in [2.24, 2.45) is 5.73 Å². The lowest BCUT2D eigenvalue weighted by atomic mass is 9.79. The van der Waals surface area contributed by atoms with Crippen LogP contribution in [0.3, 0.4) is 0 Å². The van der Waals surface area contributed by atoms with E-state index in [1.807, 2.05) is 151 Å². The molecule has 6 aromatic heterocycles. The van der Waals surface area contributed by atoms with E-state index in [4.69, 9.17) is 34.0 Å². The monoisotopic (exact) mass is 1530 g/mol. The minimum Gasteiger partial charge on any atom is -0.496 e. The molecule has 570 valence electrons. The molecule has 5 N–H and O–H groups in total. The predicted molar refractivity (Wildman–Crippen MR) is 431 cm³/mol. The van der Waals surface area contributed by atoms with Crippen molar-refractivity contribution in [1.82, 2.24) is 38.1 Å². The van der Waals surface area contributed by atoms with E-state index >= 15 is 0 Å².